The fourth-order valence-corrected chi connectivity index (χ4v) is 7.12. The van der Waals surface area contributed by atoms with E-state index >= 15 is 8.78 Å². The number of anilines is 2. The molecule has 7 heterocycles. The molecule has 2 unspecified atom stereocenters. The molecular formula is C20H21BF2N10O9P2. The van der Waals surface area contributed by atoms with Gasteiger partial charge in [0.05, 0.1) is 25.9 Å². The maximum Gasteiger partial charge on any atom is 0.472 e. The molecule has 0 saturated carbocycles. The number of hydrogen-bond donors (Lipinski definition) is 3. The van der Waals surface area contributed by atoms with Crippen molar-refractivity contribution in [2.24, 2.45) is 0 Å². The first-order chi connectivity index (χ1) is 20.9. The number of alkyl halides is 2. The molecular weight excluding hydrogens is 635 g/mol. The number of fused-ring (bicyclic) bond motifs is 5. The highest BCUT2D eigenvalue weighted by Crippen LogP contribution is 2.54. The van der Waals surface area contributed by atoms with Crippen molar-refractivity contribution in [3.05, 3.63) is 25.3 Å². The maximum absolute atomic E-state index is 15.9. The van der Waals surface area contributed by atoms with E-state index in [1.54, 1.807) is 0 Å². The van der Waals surface area contributed by atoms with Gasteiger partial charge in [0.15, 0.2) is 47.7 Å². The van der Waals surface area contributed by atoms with Crippen LogP contribution in [-0.4, -0.2) is 101 Å². The zero-order valence-electron chi connectivity index (χ0n) is 22.0. The van der Waals surface area contributed by atoms with E-state index in [4.69, 9.17) is 46.6 Å². The number of nitrogens with zero attached hydrogens (tertiary/aromatic N) is 8. The monoisotopic (exact) mass is 656 g/mol. The van der Waals surface area contributed by atoms with Crippen molar-refractivity contribution >= 4 is 56.8 Å². The predicted octanol–water partition coefficient (Wildman–Crippen LogP) is 0.496. The molecule has 7 rings (SSSR count). The van der Waals surface area contributed by atoms with E-state index in [1.807, 2.05) is 0 Å². The number of rotatable bonds is 2. The topological polar surface area (TPSA) is 249 Å². The highest BCUT2D eigenvalue weighted by Gasteiger charge is 2.54. The molecule has 44 heavy (non-hydrogen) atoms. The molecule has 3 saturated heterocycles. The van der Waals surface area contributed by atoms with Crippen molar-refractivity contribution in [1.82, 2.24) is 39.0 Å². The van der Waals surface area contributed by atoms with Crippen molar-refractivity contribution in [3.8, 4) is 0 Å². The van der Waals surface area contributed by atoms with Gasteiger partial charge in [-0.15, -0.1) is 0 Å². The first-order valence-electron chi connectivity index (χ1n) is 12.7. The van der Waals surface area contributed by atoms with Gasteiger partial charge in [0.1, 0.15) is 48.1 Å². The third-order valence-corrected chi connectivity index (χ3v) is 9.23. The highest BCUT2D eigenvalue weighted by atomic mass is 31.2. The summed E-state index contributed by atoms with van der Waals surface area (Å²) in [6.45, 7) is -1.66. The summed E-state index contributed by atoms with van der Waals surface area (Å²) >= 11 is 0. The summed E-state index contributed by atoms with van der Waals surface area (Å²) in [4.78, 5) is 34.5. The largest absolute Gasteiger partial charge is 0.472 e. The SMILES string of the molecule is [B]P1(=O)OC[C@H]2O[C@@H](n3cnc4c(N)ncnc43)[C@H](OP(=O)(O)OC[C@H]3O[C@@H](n4cnc5c(N)ncnc54)[C@H](F)[C@@H]3O1)[C@@H]2F. The third-order valence-electron chi connectivity index (χ3n) is 7.20. The lowest BCUT2D eigenvalue weighted by Gasteiger charge is -2.26. The minimum Gasteiger partial charge on any atom is -0.382 e. The Balaban J connectivity index is 1.20. The summed E-state index contributed by atoms with van der Waals surface area (Å²) in [5.41, 5.74) is 12.1. The standard InChI is InChI=1S/C20H21BF2N10O9P2/c21-43(34)37-1-7-9(22)14(20(39-7)33-6-31-12-16(25)27-4-29-18(12)33)42-44(35,36)38-2-8-13(41-43)10(23)19(40-8)32-5-30-11-15(24)26-3-28-17(11)32/h3-10,13-14,19-20H,1-2H2,(H,35,36)(H2,24,26,28)(H2,25,27,29)/t7-,8-,9-,10-,13-,14-,19-,20-,43?/m1/s1. The molecule has 3 fully saturated rings. The van der Waals surface area contributed by atoms with E-state index in [1.165, 1.54) is 21.8 Å². The first kappa shape index (κ1) is 29.5. The van der Waals surface area contributed by atoms with Gasteiger partial charge in [-0.1, -0.05) is 0 Å². The Morgan fingerprint density at radius 1 is 0.795 bits per heavy atom. The van der Waals surface area contributed by atoms with Crippen molar-refractivity contribution in [2.75, 3.05) is 24.7 Å². The fraction of sp³-hybridized carbons (Fsp3) is 0.500. The number of hydrogen-bond acceptors (Lipinski definition) is 16. The molecule has 4 aromatic heterocycles. The Morgan fingerprint density at radius 3 is 2.00 bits per heavy atom. The van der Waals surface area contributed by atoms with Gasteiger partial charge < -0.3 is 34.9 Å². The molecule has 0 amide bonds. The number of phosphoric ester groups is 1. The zero-order chi connectivity index (χ0) is 31.0. The van der Waals surface area contributed by atoms with E-state index in [0.29, 0.717) is 0 Å². The molecule has 0 aromatic carbocycles. The quantitative estimate of drug-likeness (QED) is 0.196. The van der Waals surface area contributed by atoms with Crippen molar-refractivity contribution in [1.29, 1.82) is 0 Å². The molecule has 24 heteroatoms. The molecule has 232 valence electrons. The molecule has 10 atom stereocenters. The Bertz CT molecular complexity index is 1840. The van der Waals surface area contributed by atoms with Crippen molar-refractivity contribution in [3.63, 3.8) is 0 Å². The van der Waals surface area contributed by atoms with E-state index in [-0.39, 0.29) is 34.0 Å². The lowest BCUT2D eigenvalue weighted by atomic mass is 10.1. The van der Waals surface area contributed by atoms with Crippen molar-refractivity contribution in [2.45, 2.75) is 49.2 Å². The second-order valence-corrected chi connectivity index (χ2v) is 12.9. The average molecular weight is 656 g/mol. The van der Waals surface area contributed by atoms with E-state index in [2.05, 4.69) is 29.9 Å². The number of imidazole rings is 2. The van der Waals surface area contributed by atoms with Crippen LogP contribution in [0.25, 0.3) is 22.3 Å². The van der Waals surface area contributed by atoms with Crippen LogP contribution in [0.3, 0.4) is 0 Å². The molecule has 19 nitrogen and oxygen atoms in total. The van der Waals surface area contributed by atoms with Crippen LogP contribution in [0.15, 0.2) is 25.3 Å². The van der Waals surface area contributed by atoms with Crippen LogP contribution >= 0.6 is 15.3 Å². The van der Waals surface area contributed by atoms with Crippen LogP contribution in [0.5, 0.6) is 0 Å². The normalized spacial score (nSPS) is 38.2. The second kappa shape index (κ2) is 10.7. The number of aromatic nitrogens is 8. The third kappa shape index (κ3) is 5.05. The van der Waals surface area contributed by atoms with Crippen LogP contribution in [0.2, 0.25) is 0 Å². The van der Waals surface area contributed by atoms with Gasteiger partial charge >= 0.3 is 7.82 Å². The lowest BCUT2D eigenvalue weighted by Crippen LogP contribution is -2.34. The average Bonchev–Trinajstić information content (AvgIpc) is 3.73. The number of nitrogen functional groups attached to an aromatic ring is 2. The Morgan fingerprint density at radius 2 is 1.36 bits per heavy atom. The summed E-state index contributed by atoms with van der Waals surface area (Å²) in [6.07, 6.45) is -9.36. The molecule has 3 aliphatic rings. The van der Waals surface area contributed by atoms with Gasteiger partial charge in [0, 0.05) is 0 Å². The summed E-state index contributed by atoms with van der Waals surface area (Å²) in [7, 11) is -4.02. The van der Waals surface area contributed by atoms with Crippen LogP contribution in [0.4, 0.5) is 20.4 Å². The molecule has 5 N–H and O–H groups in total. The van der Waals surface area contributed by atoms with Gasteiger partial charge in [0.2, 0.25) is 7.57 Å². The van der Waals surface area contributed by atoms with Gasteiger partial charge in [-0.3, -0.25) is 22.7 Å². The molecule has 2 bridgehead atoms. The lowest BCUT2D eigenvalue weighted by molar-refractivity contribution is -0.0630. The van der Waals surface area contributed by atoms with E-state index < -0.39 is 77.7 Å². The van der Waals surface area contributed by atoms with Crippen LogP contribution in [0.1, 0.15) is 12.5 Å². The first-order valence-corrected chi connectivity index (χ1v) is 15.9. The molecule has 3 aliphatic heterocycles. The Labute approximate surface area is 245 Å². The van der Waals surface area contributed by atoms with Gasteiger partial charge in [-0.25, -0.2) is 43.2 Å². The molecule has 2 radical (unpaired) electrons. The van der Waals surface area contributed by atoms with Gasteiger partial charge in [-0.05, 0) is 0 Å². The summed E-state index contributed by atoms with van der Waals surface area (Å²) < 4.78 is 92.6. The Hall–Kier alpha value is -3.20. The predicted molar refractivity (Wildman–Crippen MR) is 142 cm³/mol. The molecule has 0 spiro atoms. The summed E-state index contributed by atoms with van der Waals surface area (Å²) in [5.74, 6) is 0.0269. The smallest absolute Gasteiger partial charge is 0.382 e. The van der Waals surface area contributed by atoms with Gasteiger partial charge in [0.25, 0.3) is 7.47 Å². The second-order valence-electron chi connectivity index (χ2n) is 9.92. The van der Waals surface area contributed by atoms with E-state index in [9.17, 15) is 14.0 Å². The van der Waals surface area contributed by atoms with Crippen LogP contribution < -0.4 is 11.5 Å². The minimum absolute atomic E-state index is 0.00983. The Kier molecular flexibility index (Phi) is 7.18. The van der Waals surface area contributed by atoms with E-state index in [0.717, 1.165) is 12.7 Å². The highest BCUT2D eigenvalue weighted by molar-refractivity contribution is 7.79. The number of halogens is 2. The molecule has 4 aromatic rings. The van der Waals surface area contributed by atoms with Crippen LogP contribution in [-0.2, 0) is 36.7 Å². The fourth-order valence-electron chi connectivity index (χ4n) is 5.19. The maximum atomic E-state index is 15.9. The minimum atomic E-state index is -5.14. The van der Waals surface area contributed by atoms with Gasteiger partial charge in [-0.2, -0.15) is 0 Å². The molecule has 0 aliphatic carbocycles. The van der Waals surface area contributed by atoms with Crippen LogP contribution in [0, 0.1) is 0 Å². The number of ether oxygens (including phenoxy) is 2. The number of nitrogens with two attached hydrogens (primary N) is 2. The summed E-state index contributed by atoms with van der Waals surface area (Å²) in [6, 6.07) is 0. The number of phosphoric acid groups is 1. The zero-order valence-corrected chi connectivity index (χ0v) is 23.8. The summed E-state index contributed by atoms with van der Waals surface area (Å²) in [5, 5.41) is 0. The van der Waals surface area contributed by atoms with Crippen molar-refractivity contribution < 1.29 is 50.4 Å².